The lowest BCUT2D eigenvalue weighted by Crippen LogP contribution is -2.38. The monoisotopic (exact) mass is 316 g/mol. The molecule has 0 spiro atoms. The number of hydrogen-bond donors (Lipinski definition) is 1. The van der Waals surface area contributed by atoms with Crippen molar-refractivity contribution in [3.63, 3.8) is 0 Å². The number of carboxylic acid groups (broad SMARTS) is 1. The zero-order valence-electron chi connectivity index (χ0n) is 9.80. The normalized spacial score (nSPS) is 10.1. The van der Waals surface area contributed by atoms with Crippen LogP contribution in [0.2, 0.25) is 0 Å². The number of aromatic nitrogens is 1. The van der Waals surface area contributed by atoms with Crippen LogP contribution in [0.5, 0.6) is 0 Å². The zero-order valence-corrected chi connectivity index (χ0v) is 11.4. The number of rotatable bonds is 6. The Bertz CT molecular complexity index is 439. The molecule has 0 aliphatic rings. The highest BCUT2D eigenvalue weighted by molar-refractivity contribution is 9.10. The fourth-order valence-electron chi connectivity index (χ4n) is 1.31. The van der Waals surface area contributed by atoms with Crippen molar-refractivity contribution in [1.29, 1.82) is 0 Å². The second-order valence-corrected chi connectivity index (χ2v) is 4.27. The first-order valence-corrected chi connectivity index (χ1v) is 5.96. The molecule has 0 unspecified atom stereocenters. The van der Waals surface area contributed by atoms with Gasteiger partial charge in [0.15, 0.2) is 0 Å². The van der Waals surface area contributed by atoms with Gasteiger partial charge in [-0.25, -0.2) is 4.98 Å². The van der Waals surface area contributed by atoms with Gasteiger partial charge in [-0.3, -0.25) is 9.59 Å². The SMILES string of the molecule is COCCN(CC(=O)O)C(=O)c1cccc(Br)n1. The molecule has 1 heterocycles. The summed E-state index contributed by atoms with van der Waals surface area (Å²) in [6.07, 6.45) is 0. The number of halogens is 1. The van der Waals surface area contributed by atoms with Gasteiger partial charge in [0.05, 0.1) is 6.61 Å². The lowest BCUT2D eigenvalue weighted by Gasteiger charge is -2.19. The Hall–Kier alpha value is -1.47. The van der Waals surface area contributed by atoms with E-state index in [1.807, 2.05) is 0 Å². The molecule has 0 radical (unpaired) electrons. The number of carboxylic acids is 1. The maximum Gasteiger partial charge on any atom is 0.323 e. The van der Waals surface area contributed by atoms with E-state index < -0.39 is 11.9 Å². The lowest BCUT2D eigenvalue weighted by molar-refractivity contribution is -0.137. The van der Waals surface area contributed by atoms with E-state index in [9.17, 15) is 9.59 Å². The van der Waals surface area contributed by atoms with Crippen LogP contribution in [-0.2, 0) is 9.53 Å². The third kappa shape index (κ3) is 4.42. The van der Waals surface area contributed by atoms with Crippen molar-refractivity contribution in [1.82, 2.24) is 9.88 Å². The Morgan fingerprint density at radius 1 is 1.50 bits per heavy atom. The van der Waals surface area contributed by atoms with E-state index in [1.165, 1.54) is 18.1 Å². The summed E-state index contributed by atoms with van der Waals surface area (Å²) >= 11 is 3.16. The number of carbonyl (C=O) groups excluding carboxylic acids is 1. The van der Waals surface area contributed by atoms with Crippen LogP contribution in [0.1, 0.15) is 10.5 Å². The number of amides is 1. The number of aliphatic carboxylic acids is 1. The van der Waals surface area contributed by atoms with Gasteiger partial charge in [0.2, 0.25) is 0 Å². The first kappa shape index (κ1) is 14.6. The molecule has 1 aromatic rings. The van der Waals surface area contributed by atoms with E-state index in [4.69, 9.17) is 9.84 Å². The number of carbonyl (C=O) groups is 2. The minimum atomic E-state index is -1.07. The molecule has 6 nitrogen and oxygen atoms in total. The van der Waals surface area contributed by atoms with Gasteiger partial charge in [0.1, 0.15) is 16.8 Å². The van der Waals surface area contributed by atoms with Gasteiger partial charge in [0.25, 0.3) is 5.91 Å². The topological polar surface area (TPSA) is 79.7 Å². The Balaban J connectivity index is 2.83. The van der Waals surface area contributed by atoms with Crippen LogP contribution in [0.25, 0.3) is 0 Å². The third-order valence-corrected chi connectivity index (χ3v) is 2.55. The molecular formula is C11H13BrN2O4. The average molecular weight is 317 g/mol. The fraction of sp³-hybridized carbons (Fsp3) is 0.364. The molecule has 0 fully saturated rings. The van der Waals surface area contributed by atoms with Crippen LogP contribution in [0.3, 0.4) is 0 Å². The van der Waals surface area contributed by atoms with E-state index >= 15 is 0 Å². The molecule has 0 saturated carbocycles. The maximum atomic E-state index is 12.1. The summed E-state index contributed by atoms with van der Waals surface area (Å²) in [7, 11) is 1.49. The minimum Gasteiger partial charge on any atom is -0.480 e. The first-order valence-electron chi connectivity index (χ1n) is 5.17. The number of ether oxygens (including phenoxy) is 1. The van der Waals surface area contributed by atoms with E-state index in [0.717, 1.165) is 0 Å². The third-order valence-electron chi connectivity index (χ3n) is 2.11. The van der Waals surface area contributed by atoms with Crippen molar-refractivity contribution in [2.24, 2.45) is 0 Å². The predicted octanol–water partition coefficient (Wildman–Crippen LogP) is 1.02. The van der Waals surface area contributed by atoms with Crippen molar-refractivity contribution in [2.45, 2.75) is 0 Å². The molecule has 18 heavy (non-hydrogen) atoms. The molecule has 1 amide bonds. The quantitative estimate of drug-likeness (QED) is 0.792. The van der Waals surface area contributed by atoms with Crippen LogP contribution in [0.15, 0.2) is 22.8 Å². The molecule has 0 saturated heterocycles. The van der Waals surface area contributed by atoms with Crippen molar-refractivity contribution < 1.29 is 19.4 Å². The summed E-state index contributed by atoms with van der Waals surface area (Å²) in [4.78, 5) is 28.0. The summed E-state index contributed by atoms with van der Waals surface area (Å²) < 4.78 is 5.37. The van der Waals surface area contributed by atoms with Gasteiger partial charge < -0.3 is 14.7 Å². The van der Waals surface area contributed by atoms with Gasteiger partial charge >= 0.3 is 5.97 Å². The number of methoxy groups -OCH3 is 1. The van der Waals surface area contributed by atoms with Gasteiger partial charge in [-0.2, -0.15) is 0 Å². The molecule has 0 bridgehead atoms. The molecular weight excluding hydrogens is 304 g/mol. The van der Waals surface area contributed by atoms with Crippen LogP contribution in [-0.4, -0.2) is 53.7 Å². The van der Waals surface area contributed by atoms with E-state index in [2.05, 4.69) is 20.9 Å². The van der Waals surface area contributed by atoms with Crippen molar-refractivity contribution in [3.8, 4) is 0 Å². The smallest absolute Gasteiger partial charge is 0.323 e. The highest BCUT2D eigenvalue weighted by Crippen LogP contribution is 2.08. The molecule has 0 aliphatic carbocycles. The van der Waals surface area contributed by atoms with Gasteiger partial charge in [-0.15, -0.1) is 0 Å². The van der Waals surface area contributed by atoms with Gasteiger partial charge in [-0.05, 0) is 28.1 Å². The molecule has 98 valence electrons. The highest BCUT2D eigenvalue weighted by Gasteiger charge is 2.19. The number of nitrogens with zero attached hydrogens (tertiary/aromatic N) is 2. The largest absolute Gasteiger partial charge is 0.480 e. The summed E-state index contributed by atoms with van der Waals surface area (Å²) in [5.41, 5.74) is 0.196. The fourth-order valence-corrected chi connectivity index (χ4v) is 1.65. The Morgan fingerprint density at radius 3 is 2.78 bits per heavy atom. The van der Waals surface area contributed by atoms with Gasteiger partial charge in [-0.1, -0.05) is 6.07 Å². The molecule has 1 aromatic heterocycles. The van der Waals surface area contributed by atoms with Crippen LogP contribution in [0, 0.1) is 0 Å². The second-order valence-electron chi connectivity index (χ2n) is 3.46. The second kappa shape index (κ2) is 7.07. The first-order chi connectivity index (χ1) is 8.54. The van der Waals surface area contributed by atoms with E-state index in [0.29, 0.717) is 4.60 Å². The minimum absolute atomic E-state index is 0.196. The van der Waals surface area contributed by atoms with Crippen LogP contribution in [0.4, 0.5) is 0 Å². The van der Waals surface area contributed by atoms with Crippen molar-refractivity contribution >= 4 is 27.8 Å². The average Bonchev–Trinajstić information content (AvgIpc) is 2.33. The van der Waals surface area contributed by atoms with E-state index in [-0.39, 0.29) is 25.4 Å². The number of hydrogen-bond acceptors (Lipinski definition) is 4. The summed E-state index contributed by atoms with van der Waals surface area (Å²) in [5, 5.41) is 8.77. The predicted molar refractivity (Wildman–Crippen MR) is 67.4 cm³/mol. The Morgan fingerprint density at radius 2 is 2.22 bits per heavy atom. The molecule has 0 aromatic carbocycles. The Labute approximate surface area is 113 Å². The summed E-state index contributed by atoms with van der Waals surface area (Å²) in [5.74, 6) is -1.51. The molecule has 0 aliphatic heterocycles. The Kier molecular flexibility index (Phi) is 5.73. The molecule has 0 atom stereocenters. The zero-order chi connectivity index (χ0) is 13.5. The molecule has 1 rings (SSSR count). The van der Waals surface area contributed by atoms with Crippen molar-refractivity contribution in [2.75, 3.05) is 26.8 Å². The lowest BCUT2D eigenvalue weighted by atomic mass is 10.3. The van der Waals surface area contributed by atoms with Crippen molar-refractivity contribution in [3.05, 3.63) is 28.5 Å². The maximum absolute atomic E-state index is 12.1. The van der Waals surface area contributed by atoms with Crippen LogP contribution < -0.4 is 0 Å². The van der Waals surface area contributed by atoms with Gasteiger partial charge in [0, 0.05) is 13.7 Å². The molecule has 7 heteroatoms. The molecule has 1 N–H and O–H groups in total. The van der Waals surface area contributed by atoms with Crippen LogP contribution >= 0.6 is 15.9 Å². The summed E-state index contributed by atoms with van der Waals surface area (Å²) in [6.45, 7) is 0.0965. The highest BCUT2D eigenvalue weighted by atomic mass is 79.9. The standard InChI is InChI=1S/C11H13BrN2O4/c1-18-6-5-14(7-10(15)16)11(17)8-3-2-4-9(12)13-8/h2-4H,5-7H2,1H3,(H,15,16). The van der Waals surface area contributed by atoms with E-state index in [1.54, 1.807) is 12.1 Å². The summed E-state index contributed by atoms with van der Waals surface area (Å²) in [6, 6.07) is 4.89. The number of pyridine rings is 1.